The third kappa shape index (κ3) is 54.2. The monoisotopic (exact) mass is 939 g/mol. The second-order valence-electron chi connectivity index (χ2n) is 19.5. The van der Waals surface area contributed by atoms with Crippen LogP contribution in [0.3, 0.4) is 0 Å². The van der Waals surface area contributed by atoms with Gasteiger partial charge in [-0.05, 0) is 77.0 Å². The van der Waals surface area contributed by atoms with Gasteiger partial charge in [-0.15, -0.1) is 0 Å². The summed E-state index contributed by atoms with van der Waals surface area (Å²) in [6.45, 7) is 6.55. The first-order chi connectivity index (χ1) is 33.0. The largest absolute Gasteiger partial charge is 0.462 e. The number of rotatable bonds is 53. The summed E-state index contributed by atoms with van der Waals surface area (Å²) >= 11 is 0. The van der Waals surface area contributed by atoms with Gasteiger partial charge in [-0.25, -0.2) is 0 Å². The normalized spacial score (nSPS) is 12.3. The lowest BCUT2D eigenvalue weighted by Crippen LogP contribution is -2.30. The van der Waals surface area contributed by atoms with Crippen molar-refractivity contribution in [3.63, 3.8) is 0 Å². The minimum atomic E-state index is -0.781. The summed E-state index contributed by atoms with van der Waals surface area (Å²) in [6.07, 6.45) is 68.1. The number of hydrogen-bond acceptors (Lipinski definition) is 6. The van der Waals surface area contributed by atoms with Gasteiger partial charge in [0.1, 0.15) is 13.2 Å². The predicted octanol–water partition coefficient (Wildman–Crippen LogP) is 19.4. The lowest BCUT2D eigenvalue weighted by Gasteiger charge is -2.18. The summed E-state index contributed by atoms with van der Waals surface area (Å²) in [5.41, 5.74) is 0. The summed E-state index contributed by atoms with van der Waals surface area (Å²) in [5.74, 6) is -0.884. The molecule has 0 heterocycles. The second-order valence-corrected chi connectivity index (χ2v) is 19.5. The van der Waals surface area contributed by atoms with Crippen LogP contribution in [0.2, 0.25) is 0 Å². The van der Waals surface area contributed by atoms with E-state index in [0.29, 0.717) is 19.3 Å². The molecule has 67 heavy (non-hydrogen) atoms. The molecule has 0 aromatic rings. The van der Waals surface area contributed by atoms with Gasteiger partial charge in [-0.3, -0.25) is 14.4 Å². The van der Waals surface area contributed by atoms with Crippen LogP contribution in [0.5, 0.6) is 0 Å². The van der Waals surface area contributed by atoms with Crippen LogP contribution in [-0.2, 0) is 28.6 Å². The van der Waals surface area contributed by atoms with Gasteiger partial charge in [0, 0.05) is 19.3 Å². The zero-order valence-electron chi connectivity index (χ0n) is 44.7. The number of esters is 3. The van der Waals surface area contributed by atoms with Crippen molar-refractivity contribution in [2.45, 2.75) is 309 Å². The van der Waals surface area contributed by atoms with Crippen molar-refractivity contribution in [3.8, 4) is 0 Å². The Labute approximate surface area is 416 Å². The van der Waals surface area contributed by atoms with Crippen LogP contribution in [0.15, 0.2) is 48.6 Å². The van der Waals surface area contributed by atoms with Crippen LogP contribution >= 0.6 is 0 Å². The zero-order chi connectivity index (χ0) is 48.6. The van der Waals surface area contributed by atoms with Crippen molar-refractivity contribution in [1.82, 2.24) is 0 Å². The quantitative estimate of drug-likeness (QED) is 0.0262. The van der Waals surface area contributed by atoms with Crippen LogP contribution in [0.1, 0.15) is 303 Å². The van der Waals surface area contributed by atoms with E-state index >= 15 is 0 Å². The minimum Gasteiger partial charge on any atom is -0.462 e. The van der Waals surface area contributed by atoms with E-state index in [2.05, 4.69) is 69.4 Å². The molecule has 0 amide bonds. The van der Waals surface area contributed by atoms with Gasteiger partial charge in [-0.2, -0.15) is 0 Å². The predicted molar refractivity (Wildman–Crippen MR) is 289 cm³/mol. The molecule has 0 aliphatic carbocycles. The molecular formula is C61H110O6. The summed E-state index contributed by atoms with van der Waals surface area (Å²) in [5, 5.41) is 0. The second kappa shape index (κ2) is 56.0. The summed E-state index contributed by atoms with van der Waals surface area (Å²) in [6, 6.07) is 0. The molecule has 1 atom stereocenters. The van der Waals surface area contributed by atoms with Gasteiger partial charge in [0.25, 0.3) is 0 Å². The zero-order valence-corrected chi connectivity index (χ0v) is 44.7. The fourth-order valence-electron chi connectivity index (χ4n) is 8.45. The molecule has 0 aromatic heterocycles. The molecule has 0 saturated heterocycles. The third-order valence-corrected chi connectivity index (χ3v) is 12.8. The average Bonchev–Trinajstić information content (AvgIpc) is 3.33. The van der Waals surface area contributed by atoms with E-state index in [9.17, 15) is 14.4 Å². The molecule has 0 saturated carbocycles. The topological polar surface area (TPSA) is 78.9 Å². The number of allylic oxidation sites excluding steroid dienone is 8. The third-order valence-electron chi connectivity index (χ3n) is 12.8. The summed E-state index contributed by atoms with van der Waals surface area (Å²) < 4.78 is 16.9. The molecule has 0 N–H and O–H groups in total. The van der Waals surface area contributed by atoms with Crippen LogP contribution in [-0.4, -0.2) is 37.2 Å². The highest BCUT2D eigenvalue weighted by Crippen LogP contribution is 2.16. The summed E-state index contributed by atoms with van der Waals surface area (Å²) in [7, 11) is 0. The van der Waals surface area contributed by atoms with E-state index in [1.54, 1.807) is 0 Å². The Balaban J connectivity index is 4.37. The van der Waals surface area contributed by atoms with E-state index < -0.39 is 6.10 Å². The highest BCUT2D eigenvalue weighted by molar-refractivity contribution is 5.71. The van der Waals surface area contributed by atoms with Crippen molar-refractivity contribution in [3.05, 3.63) is 48.6 Å². The van der Waals surface area contributed by atoms with Gasteiger partial charge in [0.2, 0.25) is 0 Å². The van der Waals surface area contributed by atoms with Crippen molar-refractivity contribution in [1.29, 1.82) is 0 Å². The molecule has 0 fully saturated rings. The van der Waals surface area contributed by atoms with E-state index in [4.69, 9.17) is 14.2 Å². The molecule has 6 nitrogen and oxygen atoms in total. The van der Waals surface area contributed by atoms with E-state index in [0.717, 1.165) is 96.3 Å². The van der Waals surface area contributed by atoms with Crippen molar-refractivity contribution in [2.24, 2.45) is 0 Å². The number of ether oxygens (including phenoxy) is 3. The first kappa shape index (κ1) is 64.4. The van der Waals surface area contributed by atoms with Crippen molar-refractivity contribution < 1.29 is 28.6 Å². The lowest BCUT2D eigenvalue weighted by molar-refractivity contribution is -0.167. The Morgan fingerprint density at radius 3 is 0.925 bits per heavy atom. The molecule has 0 aliphatic rings. The van der Waals surface area contributed by atoms with Crippen LogP contribution in [0, 0.1) is 0 Å². The molecule has 0 bridgehead atoms. The van der Waals surface area contributed by atoms with Crippen molar-refractivity contribution in [2.75, 3.05) is 13.2 Å². The molecule has 0 spiro atoms. The van der Waals surface area contributed by atoms with Crippen molar-refractivity contribution >= 4 is 17.9 Å². The molecule has 0 aromatic carbocycles. The molecule has 0 aliphatic heterocycles. The van der Waals surface area contributed by atoms with E-state index in [1.165, 1.54) is 167 Å². The molecule has 0 radical (unpaired) electrons. The maximum atomic E-state index is 12.9. The highest BCUT2D eigenvalue weighted by atomic mass is 16.6. The SMILES string of the molecule is CC/C=C\C/C=C\C/C=C\CCCCCCCCC(=O)OC(COC(=O)CCCCCCC/C=C\CCCCCCCCC)COC(=O)CCCCCCCCCCCCCCCCCCC. The standard InChI is InChI=1S/C61H110O6/c1-4-7-10-13-16-19-22-25-28-31-34-36-39-42-45-48-51-54-60(63)66-57-58(67-61(64)55-52-49-46-43-40-37-33-30-27-24-21-18-15-12-9-6-3)56-65-59(62)53-50-47-44-41-38-35-32-29-26-23-20-17-14-11-8-5-2/h9,12,18,21,27,29-30,32,58H,4-8,10-11,13-17,19-20,22-26,28,31,33-57H2,1-3H3/b12-9-,21-18-,30-27-,32-29-. The first-order valence-electron chi connectivity index (χ1n) is 29.1. The Bertz CT molecular complexity index is 1170. The number of hydrogen-bond donors (Lipinski definition) is 0. The Hall–Kier alpha value is -2.63. The van der Waals surface area contributed by atoms with Gasteiger partial charge >= 0.3 is 17.9 Å². The highest BCUT2D eigenvalue weighted by Gasteiger charge is 2.19. The van der Waals surface area contributed by atoms with Crippen LogP contribution in [0.25, 0.3) is 0 Å². The van der Waals surface area contributed by atoms with Crippen LogP contribution < -0.4 is 0 Å². The number of carbonyl (C=O) groups excluding carboxylic acids is 3. The van der Waals surface area contributed by atoms with Gasteiger partial charge < -0.3 is 14.2 Å². The number of unbranched alkanes of at least 4 members (excludes halogenated alkanes) is 34. The van der Waals surface area contributed by atoms with Gasteiger partial charge in [0.05, 0.1) is 0 Å². The molecule has 390 valence electrons. The maximum Gasteiger partial charge on any atom is 0.306 e. The fourth-order valence-corrected chi connectivity index (χ4v) is 8.45. The maximum absolute atomic E-state index is 12.9. The number of carbonyl (C=O) groups is 3. The lowest BCUT2D eigenvalue weighted by atomic mass is 10.0. The smallest absolute Gasteiger partial charge is 0.306 e. The molecule has 6 heteroatoms. The Kier molecular flexibility index (Phi) is 53.8. The van der Waals surface area contributed by atoms with E-state index in [1.807, 2.05) is 0 Å². The molecular weight excluding hydrogens is 829 g/mol. The fraction of sp³-hybridized carbons (Fsp3) is 0.820. The minimum absolute atomic E-state index is 0.0780. The van der Waals surface area contributed by atoms with E-state index in [-0.39, 0.29) is 31.1 Å². The first-order valence-corrected chi connectivity index (χ1v) is 29.1. The molecule has 1 unspecified atom stereocenters. The van der Waals surface area contributed by atoms with Crippen LogP contribution in [0.4, 0.5) is 0 Å². The van der Waals surface area contributed by atoms with Gasteiger partial charge in [0.15, 0.2) is 6.10 Å². The summed E-state index contributed by atoms with van der Waals surface area (Å²) in [4.78, 5) is 38.2. The van der Waals surface area contributed by atoms with Gasteiger partial charge in [-0.1, -0.05) is 256 Å². The average molecular weight is 940 g/mol. The Morgan fingerprint density at radius 2 is 0.582 bits per heavy atom. The Morgan fingerprint density at radius 1 is 0.313 bits per heavy atom. The molecule has 0 rings (SSSR count).